The normalized spacial score (nSPS) is 16.4. The summed E-state index contributed by atoms with van der Waals surface area (Å²) in [5.41, 5.74) is 2.71. The monoisotopic (exact) mass is 442 g/mol. The zero-order chi connectivity index (χ0) is 20.8. The van der Waals surface area contributed by atoms with Gasteiger partial charge < -0.3 is 15.0 Å². The summed E-state index contributed by atoms with van der Waals surface area (Å²) < 4.78 is 5.43. The Balaban J connectivity index is 0.00000272. The van der Waals surface area contributed by atoms with Crippen molar-refractivity contribution in [1.29, 1.82) is 0 Å². The maximum atomic E-state index is 12.0. The number of ether oxygens (including phenoxy) is 1. The molecule has 0 aliphatic carbocycles. The molecule has 31 heavy (non-hydrogen) atoms. The highest BCUT2D eigenvalue weighted by Crippen LogP contribution is 2.26. The highest BCUT2D eigenvalue weighted by atomic mass is 35.5. The SMILES string of the molecule is COC1CCN(CCCCCNc2cccc(-c3n[nH]c(=O)c4ccccc34)c2)C1.Cl. The molecule has 2 N–H and O–H groups in total. The Labute approximate surface area is 189 Å². The van der Waals surface area contributed by atoms with Crippen molar-refractivity contribution in [2.45, 2.75) is 31.8 Å². The van der Waals surface area contributed by atoms with Crippen molar-refractivity contribution in [3.8, 4) is 11.3 Å². The van der Waals surface area contributed by atoms with Crippen LogP contribution in [0.4, 0.5) is 5.69 Å². The van der Waals surface area contributed by atoms with E-state index in [-0.39, 0.29) is 18.0 Å². The fourth-order valence-corrected chi connectivity index (χ4v) is 4.17. The lowest BCUT2D eigenvalue weighted by Crippen LogP contribution is -2.24. The predicted molar refractivity (Wildman–Crippen MR) is 129 cm³/mol. The first-order valence-electron chi connectivity index (χ1n) is 10.8. The topological polar surface area (TPSA) is 70.2 Å². The van der Waals surface area contributed by atoms with Gasteiger partial charge in [0, 0.05) is 43.4 Å². The van der Waals surface area contributed by atoms with Crippen LogP contribution in [0, 0.1) is 0 Å². The average Bonchev–Trinajstić information content (AvgIpc) is 3.25. The van der Waals surface area contributed by atoms with Crippen LogP contribution in [0.25, 0.3) is 22.0 Å². The van der Waals surface area contributed by atoms with Gasteiger partial charge in [-0.25, -0.2) is 5.10 Å². The van der Waals surface area contributed by atoms with E-state index in [2.05, 4.69) is 32.5 Å². The number of benzene rings is 2. The molecule has 1 fully saturated rings. The molecule has 1 aromatic heterocycles. The van der Waals surface area contributed by atoms with Crippen molar-refractivity contribution in [3.05, 3.63) is 58.9 Å². The van der Waals surface area contributed by atoms with Gasteiger partial charge in [-0.05, 0) is 44.0 Å². The highest BCUT2D eigenvalue weighted by Gasteiger charge is 2.20. The molecule has 1 unspecified atom stereocenters. The van der Waals surface area contributed by atoms with Gasteiger partial charge in [0.1, 0.15) is 0 Å². The van der Waals surface area contributed by atoms with Gasteiger partial charge in [0.2, 0.25) is 0 Å². The van der Waals surface area contributed by atoms with Gasteiger partial charge in [0.15, 0.2) is 0 Å². The summed E-state index contributed by atoms with van der Waals surface area (Å²) in [6.45, 7) is 4.36. The van der Waals surface area contributed by atoms with Crippen LogP contribution in [0.15, 0.2) is 53.3 Å². The van der Waals surface area contributed by atoms with Crippen molar-refractivity contribution in [1.82, 2.24) is 15.1 Å². The number of H-pyrrole nitrogens is 1. The van der Waals surface area contributed by atoms with E-state index in [9.17, 15) is 4.79 Å². The number of methoxy groups -OCH3 is 1. The zero-order valence-electron chi connectivity index (χ0n) is 18.0. The van der Waals surface area contributed by atoms with Gasteiger partial charge >= 0.3 is 0 Å². The fourth-order valence-electron chi connectivity index (χ4n) is 4.17. The first kappa shape index (κ1) is 23.3. The standard InChI is InChI=1S/C24H30N4O2.ClH/c1-30-20-12-15-28(17-20)14-6-2-5-13-25-19-9-7-8-18(16-19)23-21-10-3-4-11-22(21)24(29)27-26-23;/h3-4,7-11,16,20,25H,2,5-6,12-15,17H2,1H3,(H,27,29);1H. The minimum atomic E-state index is -0.157. The van der Waals surface area contributed by atoms with Gasteiger partial charge in [0.25, 0.3) is 5.56 Å². The first-order chi connectivity index (χ1) is 14.7. The molecule has 0 spiro atoms. The van der Waals surface area contributed by atoms with Gasteiger partial charge in [-0.3, -0.25) is 4.79 Å². The van der Waals surface area contributed by atoms with E-state index in [1.54, 1.807) is 0 Å². The molecule has 2 aromatic carbocycles. The quantitative estimate of drug-likeness (QED) is 0.483. The highest BCUT2D eigenvalue weighted by molar-refractivity contribution is 5.94. The van der Waals surface area contributed by atoms with E-state index < -0.39 is 0 Å². The number of aromatic nitrogens is 2. The summed E-state index contributed by atoms with van der Waals surface area (Å²) in [5, 5.41) is 12.0. The molecule has 166 valence electrons. The van der Waals surface area contributed by atoms with E-state index in [0.717, 1.165) is 54.8 Å². The number of hydrogen-bond acceptors (Lipinski definition) is 5. The third-order valence-corrected chi connectivity index (χ3v) is 5.87. The zero-order valence-corrected chi connectivity index (χ0v) is 18.8. The average molecular weight is 443 g/mol. The van der Waals surface area contributed by atoms with Crippen molar-refractivity contribution in [2.75, 3.05) is 38.6 Å². The summed E-state index contributed by atoms with van der Waals surface area (Å²) >= 11 is 0. The lowest BCUT2D eigenvalue weighted by atomic mass is 10.0. The molecular weight excluding hydrogens is 412 g/mol. The fraction of sp³-hybridized carbons (Fsp3) is 0.417. The van der Waals surface area contributed by atoms with Crippen LogP contribution in [-0.4, -0.2) is 54.5 Å². The number of halogens is 1. The molecule has 1 saturated heterocycles. The summed E-state index contributed by atoms with van der Waals surface area (Å²) in [6.07, 6.45) is 5.17. The minimum absolute atomic E-state index is 0. The molecule has 1 aliphatic rings. The number of rotatable bonds is 9. The number of nitrogens with one attached hydrogen (secondary N) is 2. The Bertz CT molecular complexity index is 1040. The van der Waals surface area contributed by atoms with Crippen LogP contribution in [0.5, 0.6) is 0 Å². The summed E-state index contributed by atoms with van der Waals surface area (Å²) in [6, 6.07) is 15.8. The Kier molecular flexibility index (Phi) is 8.46. The predicted octanol–water partition coefficient (Wildman–Crippen LogP) is 4.31. The Morgan fingerprint density at radius 3 is 2.77 bits per heavy atom. The molecule has 1 aliphatic heterocycles. The van der Waals surface area contributed by atoms with Crippen LogP contribution in [0.3, 0.4) is 0 Å². The third kappa shape index (κ3) is 5.85. The lowest BCUT2D eigenvalue weighted by Gasteiger charge is -2.15. The van der Waals surface area contributed by atoms with Crippen LogP contribution in [-0.2, 0) is 4.74 Å². The number of unbranched alkanes of at least 4 members (excludes halogenated alkanes) is 2. The first-order valence-corrected chi connectivity index (χ1v) is 10.8. The second-order valence-electron chi connectivity index (χ2n) is 7.96. The molecule has 0 radical (unpaired) electrons. The van der Waals surface area contributed by atoms with Crippen molar-refractivity contribution in [2.24, 2.45) is 0 Å². The van der Waals surface area contributed by atoms with E-state index in [4.69, 9.17) is 4.74 Å². The summed E-state index contributed by atoms with van der Waals surface area (Å²) in [4.78, 5) is 14.5. The maximum absolute atomic E-state index is 12.0. The molecule has 0 bridgehead atoms. The third-order valence-electron chi connectivity index (χ3n) is 5.87. The number of anilines is 1. The molecule has 6 nitrogen and oxygen atoms in total. The van der Waals surface area contributed by atoms with Gasteiger partial charge in [0.05, 0.1) is 17.2 Å². The van der Waals surface area contributed by atoms with Gasteiger partial charge in [-0.15, -0.1) is 12.4 Å². The van der Waals surface area contributed by atoms with Gasteiger partial charge in [-0.2, -0.15) is 5.10 Å². The van der Waals surface area contributed by atoms with Crippen LogP contribution >= 0.6 is 12.4 Å². The van der Waals surface area contributed by atoms with Crippen molar-refractivity contribution < 1.29 is 4.74 Å². The van der Waals surface area contributed by atoms with E-state index in [1.165, 1.54) is 19.4 Å². The molecule has 4 rings (SSSR count). The Morgan fingerprint density at radius 2 is 1.97 bits per heavy atom. The smallest absolute Gasteiger partial charge is 0.272 e. The van der Waals surface area contributed by atoms with Crippen LogP contribution in [0.1, 0.15) is 25.7 Å². The molecule has 1 atom stereocenters. The number of fused-ring (bicyclic) bond motifs is 1. The molecule has 3 aromatic rings. The summed E-state index contributed by atoms with van der Waals surface area (Å²) in [5.74, 6) is 0. The second kappa shape index (κ2) is 11.3. The number of aromatic amines is 1. The van der Waals surface area contributed by atoms with Crippen molar-refractivity contribution >= 4 is 28.9 Å². The number of nitrogens with zero attached hydrogens (tertiary/aromatic N) is 2. The second-order valence-corrected chi connectivity index (χ2v) is 7.96. The molecule has 0 amide bonds. The lowest BCUT2D eigenvalue weighted by molar-refractivity contribution is 0.108. The Hall–Kier alpha value is -2.41. The largest absolute Gasteiger partial charge is 0.385 e. The van der Waals surface area contributed by atoms with Crippen molar-refractivity contribution in [3.63, 3.8) is 0 Å². The molecule has 0 saturated carbocycles. The molecule has 2 heterocycles. The van der Waals surface area contributed by atoms with E-state index >= 15 is 0 Å². The number of hydrogen-bond donors (Lipinski definition) is 2. The minimum Gasteiger partial charge on any atom is -0.385 e. The van der Waals surface area contributed by atoms with Crippen LogP contribution < -0.4 is 10.9 Å². The van der Waals surface area contributed by atoms with Gasteiger partial charge in [-0.1, -0.05) is 36.8 Å². The van der Waals surface area contributed by atoms with Crippen LogP contribution in [0.2, 0.25) is 0 Å². The maximum Gasteiger partial charge on any atom is 0.272 e. The number of likely N-dealkylation sites (tertiary alicyclic amines) is 1. The molecule has 7 heteroatoms. The van der Waals surface area contributed by atoms with E-state index in [0.29, 0.717) is 11.5 Å². The van der Waals surface area contributed by atoms with E-state index in [1.807, 2.05) is 43.5 Å². The summed E-state index contributed by atoms with van der Waals surface area (Å²) in [7, 11) is 1.81. The molecular formula is C24H31ClN4O2. The Morgan fingerprint density at radius 1 is 1.13 bits per heavy atom.